The number of aryl methyl sites for hydroxylation is 1. The number of nitrogens with zero attached hydrogens (tertiary/aromatic N) is 1. The van der Waals surface area contributed by atoms with Gasteiger partial charge in [0.05, 0.1) is 11.6 Å². The number of fused-ring (bicyclic) bond motifs is 1. The van der Waals surface area contributed by atoms with Crippen molar-refractivity contribution in [2.24, 2.45) is 0 Å². The van der Waals surface area contributed by atoms with E-state index >= 15 is 0 Å². The van der Waals surface area contributed by atoms with Gasteiger partial charge in [0.1, 0.15) is 0 Å². The van der Waals surface area contributed by atoms with Crippen LogP contribution >= 0.6 is 0 Å². The van der Waals surface area contributed by atoms with Crippen molar-refractivity contribution in [2.75, 3.05) is 0 Å². The van der Waals surface area contributed by atoms with Gasteiger partial charge in [-0.15, -0.1) is 0 Å². The molecule has 2 rings (SSSR count). The lowest BCUT2D eigenvalue weighted by Gasteiger charge is -2.06. The van der Waals surface area contributed by atoms with Crippen LogP contribution in [-0.2, 0) is 4.79 Å². The maximum atomic E-state index is 10.7. The summed E-state index contributed by atoms with van der Waals surface area (Å²) in [5.74, 6) is -0.959. The number of rotatable bonds is 2. The summed E-state index contributed by atoms with van der Waals surface area (Å²) in [6, 6.07) is 11.7. The van der Waals surface area contributed by atoms with Crippen molar-refractivity contribution in [3.05, 3.63) is 53.1 Å². The number of benzene rings is 2. The van der Waals surface area contributed by atoms with Gasteiger partial charge in [-0.2, -0.15) is 5.26 Å². The van der Waals surface area contributed by atoms with Gasteiger partial charge in [0.25, 0.3) is 0 Å². The SMILES string of the molecule is C/C(=C\C(=O)O)c1ccc2cc(C)c(C#N)cc2c1. The molecule has 0 spiro atoms. The smallest absolute Gasteiger partial charge is 0.328 e. The fourth-order valence-electron chi connectivity index (χ4n) is 2.05. The van der Waals surface area contributed by atoms with E-state index < -0.39 is 5.97 Å². The first-order valence-corrected chi connectivity index (χ1v) is 5.87. The van der Waals surface area contributed by atoms with Gasteiger partial charge in [-0.25, -0.2) is 4.79 Å². The Labute approximate surface area is 111 Å². The van der Waals surface area contributed by atoms with Crippen LogP contribution in [0.5, 0.6) is 0 Å². The number of carboxylic acids is 1. The first kappa shape index (κ1) is 12.8. The fourth-order valence-corrected chi connectivity index (χ4v) is 2.05. The molecule has 0 aromatic heterocycles. The Balaban J connectivity index is 2.61. The van der Waals surface area contributed by atoms with Crippen molar-refractivity contribution >= 4 is 22.3 Å². The van der Waals surface area contributed by atoms with Crippen molar-refractivity contribution < 1.29 is 9.90 Å². The van der Waals surface area contributed by atoms with E-state index in [-0.39, 0.29) is 0 Å². The Morgan fingerprint density at radius 3 is 2.63 bits per heavy atom. The minimum atomic E-state index is -0.959. The summed E-state index contributed by atoms with van der Waals surface area (Å²) in [4.78, 5) is 10.7. The molecule has 0 amide bonds. The summed E-state index contributed by atoms with van der Waals surface area (Å²) in [6.07, 6.45) is 1.18. The lowest BCUT2D eigenvalue weighted by molar-refractivity contribution is -0.131. The average Bonchev–Trinajstić information content (AvgIpc) is 2.36. The minimum Gasteiger partial charge on any atom is -0.478 e. The van der Waals surface area contributed by atoms with E-state index in [9.17, 15) is 4.79 Å². The zero-order chi connectivity index (χ0) is 14.0. The fraction of sp³-hybridized carbons (Fsp3) is 0.125. The lowest BCUT2D eigenvalue weighted by Crippen LogP contribution is -1.90. The molecular weight excluding hydrogens is 238 g/mol. The number of aliphatic carboxylic acids is 1. The van der Waals surface area contributed by atoms with Crippen LogP contribution in [0.3, 0.4) is 0 Å². The van der Waals surface area contributed by atoms with E-state index in [0.29, 0.717) is 11.1 Å². The van der Waals surface area contributed by atoms with Crippen LogP contribution in [0.25, 0.3) is 16.3 Å². The second-order valence-corrected chi connectivity index (χ2v) is 4.51. The van der Waals surface area contributed by atoms with Crippen LogP contribution in [0.4, 0.5) is 0 Å². The molecule has 2 aromatic rings. The van der Waals surface area contributed by atoms with Gasteiger partial charge in [0, 0.05) is 6.08 Å². The Morgan fingerprint density at radius 2 is 2.00 bits per heavy atom. The number of carboxylic acid groups (broad SMARTS) is 1. The van der Waals surface area contributed by atoms with Crippen molar-refractivity contribution in [1.29, 1.82) is 5.26 Å². The zero-order valence-electron chi connectivity index (χ0n) is 10.8. The Hall–Kier alpha value is -2.60. The summed E-state index contributed by atoms with van der Waals surface area (Å²) < 4.78 is 0. The quantitative estimate of drug-likeness (QED) is 0.831. The molecule has 0 saturated heterocycles. The van der Waals surface area contributed by atoms with Crippen LogP contribution in [0, 0.1) is 18.3 Å². The van der Waals surface area contributed by atoms with E-state index in [1.807, 2.05) is 37.3 Å². The summed E-state index contributed by atoms with van der Waals surface area (Å²) in [6.45, 7) is 3.66. The van der Waals surface area contributed by atoms with Gasteiger partial charge in [-0.3, -0.25) is 0 Å². The minimum absolute atomic E-state index is 0.643. The molecule has 0 bridgehead atoms. The summed E-state index contributed by atoms with van der Waals surface area (Å²) in [5.41, 5.74) is 3.13. The predicted molar refractivity (Wildman–Crippen MR) is 74.7 cm³/mol. The van der Waals surface area contributed by atoms with Crippen LogP contribution in [0.2, 0.25) is 0 Å². The molecule has 0 fully saturated rings. The molecule has 0 unspecified atom stereocenters. The zero-order valence-corrected chi connectivity index (χ0v) is 10.8. The number of hydrogen-bond donors (Lipinski definition) is 1. The van der Waals surface area contributed by atoms with Crippen molar-refractivity contribution in [3.8, 4) is 6.07 Å². The number of hydrogen-bond acceptors (Lipinski definition) is 2. The van der Waals surface area contributed by atoms with E-state index in [4.69, 9.17) is 10.4 Å². The summed E-state index contributed by atoms with van der Waals surface area (Å²) >= 11 is 0. The third kappa shape index (κ3) is 2.63. The maximum Gasteiger partial charge on any atom is 0.328 e. The second kappa shape index (κ2) is 4.95. The van der Waals surface area contributed by atoms with Gasteiger partial charge in [-0.05, 0) is 53.5 Å². The van der Waals surface area contributed by atoms with E-state index in [1.165, 1.54) is 6.08 Å². The highest BCUT2D eigenvalue weighted by molar-refractivity contribution is 5.92. The van der Waals surface area contributed by atoms with E-state index in [0.717, 1.165) is 21.9 Å². The Kier molecular flexibility index (Phi) is 3.35. The molecule has 0 heterocycles. The molecule has 3 heteroatoms. The predicted octanol–water partition coefficient (Wildman–Crippen LogP) is 3.51. The third-order valence-electron chi connectivity index (χ3n) is 3.10. The van der Waals surface area contributed by atoms with Crippen LogP contribution in [0.1, 0.15) is 23.6 Å². The monoisotopic (exact) mass is 251 g/mol. The molecule has 1 N–H and O–H groups in total. The van der Waals surface area contributed by atoms with Gasteiger partial charge in [0.2, 0.25) is 0 Å². The standard InChI is InChI=1S/C16H13NO2/c1-10-5-13-4-3-12(11(2)6-16(18)19)7-14(13)8-15(10)9-17/h3-8H,1-2H3,(H,18,19)/b11-6+. The topological polar surface area (TPSA) is 61.1 Å². The highest BCUT2D eigenvalue weighted by atomic mass is 16.4. The maximum absolute atomic E-state index is 10.7. The van der Waals surface area contributed by atoms with Crippen LogP contribution in [-0.4, -0.2) is 11.1 Å². The molecule has 2 aromatic carbocycles. The van der Waals surface area contributed by atoms with E-state index in [2.05, 4.69) is 6.07 Å². The number of carbonyl (C=O) groups is 1. The van der Waals surface area contributed by atoms with Crippen molar-refractivity contribution in [1.82, 2.24) is 0 Å². The lowest BCUT2D eigenvalue weighted by atomic mass is 9.98. The number of nitriles is 1. The molecule has 0 radical (unpaired) electrons. The van der Waals surface area contributed by atoms with E-state index in [1.54, 1.807) is 6.92 Å². The Bertz CT molecular complexity index is 736. The summed E-state index contributed by atoms with van der Waals surface area (Å²) in [5, 5.41) is 19.8. The Morgan fingerprint density at radius 1 is 1.26 bits per heavy atom. The van der Waals surface area contributed by atoms with Gasteiger partial charge in [-0.1, -0.05) is 18.2 Å². The second-order valence-electron chi connectivity index (χ2n) is 4.51. The molecule has 0 aliphatic carbocycles. The van der Waals surface area contributed by atoms with Crippen LogP contribution < -0.4 is 0 Å². The van der Waals surface area contributed by atoms with Crippen LogP contribution in [0.15, 0.2) is 36.4 Å². The largest absolute Gasteiger partial charge is 0.478 e. The molecular formula is C16H13NO2. The highest BCUT2D eigenvalue weighted by Crippen LogP contribution is 2.24. The summed E-state index contributed by atoms with van der Waals surface area (Å²) in [7, 11) is 0. The van der Waals surface area contributed by atoms with Gasteiger partial charge in [0.15, 0.2) is 0 Å². The first-order valence-electron chi connectivity index (χ1n) is 5.87. The van der Waals surface area contributed by atoms with Gasteiger partial charge < -0.3 is 5.11 Å². The number of allylic oxidation sites excluding steroid dienone is 1. The normalized spacial score (nSPS) is 11.3. The first-order chi connectivity index (χ1) is 9.01. The highest BCUT2D eigenvalue weighted by Gasteiger charge is 2.04. The molecule has 0 atom stereocenters. The van der Waals surface area contributed by atoms with Crippen molar-refractivity contribution in [3.63, 3.8) is 0 Å². The molecule has 0 aliphatic heterocycles. The molecule has 0 aliphatic rings. The van der Waals surface area contributed by atoms with Crippen molar-refractivity contribution in [2.45, 2.75) is 13.8 Å². The molecule has 3 nitrogen and oxygen atoms in total. The average molecular weight is 251 g/mol. The molecule has 94 valence electrons. The third-order valence-corrected chi connectivity index (χ3v) is 3.10. The molecule has 0 saturated carbocycles. The molecule has 19 heavy (non-hydrogen) atoms. The van der Waals surface area contributed by atoms with Gasteiger partial charge >= 0.3 is 5.97 Å².